The topological polar surface area (TPSA) is 81.8 Å². The number of imidazole rings is 1. The van der Waals surface area contributed by atoms with Crippen LogP contribution in [-0.4, -0.2) is 38.1 Å². The standard InChI is InChI=1S/C18H18N4O3S/c1-9-8-19-14(10(2)16(9)25-4)15(23)17-21-26-18-20-12-7-11(24-3)5-6-13(12)22(17)18/h5-8,15,23H,1-4H3. The van der Waals surface area contributed by atoms with E-state index in [0.717, 1.165) is 33.7 Å². The highest BCUT2D eigenvalue weighted by Gasteiger charge is 2.24. The molecule has 26 heavy (non-hydrogen) atoms. The van der Waals surface area contributed by atoms with Gasteiger partial charge < -0.3 is 14.6 Å². The molecule has 4 aromatic rings. The average molecular weight is 370 g/mol. The number of benzene rings is 1. The zero-order valence-electron chi connectivity index (χ0n) is 14.8. The number of aliphatic hydroxyl groups is 1. The van der Waals surface area contributed by atoms with Crippen molar-refractivity contribution < 1.29 is 14.6 Å². The van der Waals surface area contributed by atoms with Crippen LogP contribution in [0.15, 0.2) is 24.4 Å². The van der Waals surface area contributed by atoms with Gasteiger partial charge in [0.05, 0.1) is 30.9 Å². The van der Waals surface area contributed by atoms with Crippen LogP contribution in [0.4, 0.5) is 0 Å². The van der Waals surface area contributed by atoms with Gasteiger partial charge in [-0.2, -0.15) is 4.37 Å². The van der Waals surface area contributed by atoms with Crippen LogP contribution in [-0.2, 0) is 0 Å². The lowest BCUT2D eigenvalue weighted by molar-refractivity contribution is 0.203. The highest BCUT2D eigenvalue weighted by atomic mass is 32.1. The first-order valence-corrected chi connectivity index (χ1v) is 8.82. The second kappa shape index (κ2) is 6.22. The summed E-state index contributed by atoms with van der Waals surface area (Å²) >= 11 is 1.24. The summed E-state index contributed by atoms with van der Waals surface area (Å²) < 4.78 is 17.0. The van der Waals surface area contributed by atoms with Crippen LogP contribution < -0.4 is 9.47 Å². The first kappa shape index (κ1) is 16.7. The van der Waals surface area contributed by atoms with Gasteiger partial charge in [0.25, 0.3) is 0 Å². The predicted octanol–water partition coefficient (Wildman–Crippen LogP) is 3.05. The molecule has 0 amide bonds. The number of aliphatic hydroxyl groups excluding tert-OH is 1. The van der Waals surface area contributed by atoms with Gasteiger partial charge in [0.15, 0.2) is 11.9 Å². The van der Waals surface area contributed by atoms with Crippen molar-refractivity contribution >= 4 is 27.5 Å². The number of hydrogen-bond acceptors (Lipinski definition) is 7. The summed E-state index contributed by atoms with van der Waals surface area (Å²) in [6.07, 6.45) is 0.711. The molecule has 0 bridgehead atoms. The molecular formula is C18H18N4O3S. The maximum Gasteiger partial charge on any atom is 0.214 e. The molecule has 1 N–H and O–H groups in total. The average Bonchev–Trinajstić information content (AvgIpc) is 3.20. The van der Waals surface area contributed by atoms with Crippen LogP contribution in [0.5, 0.6) is 11.5 Å². The van der Waals surface area contributed by atoms with Crippen LogP contribution in [0.2, 0.25) is 0 Å². The summed E-state index contributed by atoms with van der Waals surface area (Å²) in [5.74, 6) is 1.94. The molecule has 1 atom stereocenters. The zero-order valence-corrected chi connectivity index (χ0v) is 15.7. The Labute approximate surface area is 154 Å². The summed E-state index contributed by atoms with van der Waals surface area (Å²) in [4.78, 5) is 9.70. The van der Waals surface area contributed by atoms with Gasteiger partial charge in [0.2, 0.25) is 4.96 Å². The first-order chi connectivity index (χ1) is 12.5. The molecule has 0 saturated heterocycles. The van der Waals surface area contributed by atoms with Gasteiger partial charge in [-0.15, -0.1) is 0 Å². The summed E-state index contributed by atoms with van der Waals surface area (Å²) in [7, 11) is 3.23. The van der Waals surface area contributed by atoms with E-state index < -0.39 is 6.10 Å². The monoisotopic (exact) mass is 370 g/mol. The second-order valence-electron chi connectivity index (χ2n) is 6.01. The molecule has 0 radical (unpaired) electrons. The summed E-state index contributed by atoms with van der Waals surface area (Å²) in [6, 6.07) is 5.64. The first-order valence-electron chi connectivity index (χ1n) is 8.05. The van der Waals surface area contributed by atoms with E-state index in [2.05, 4.69) is 14.3 Å². The maximum absolute atomic E-state index is 11.0. The molecule has 0 spiro atoms. The third kappa shape index (κ3) is 2.41. The normalized spacial score (nSPS) is 12.7. The van der Waals surface area contributed by atoms with Crippen molar-refractivity contribution in [3.05, 3.63) is 47.0 Å². The Morgan fingerprint density at radius 3 is 2.73 bits per heavy atom. The van der Waals surface area contributed by atoms with E-state index >= 15 is 0 Å². The Kier molecular flexibility index (Phi) is 4.01. The van der Waals surface area contributed by atoms with E-state index in [9.17, 15) is 5.11 Å². The van der Waals surface area contributed by atoms with Gasteiger partial charge in [-0.3, -0.25) is 9.38 Å². The Hall–Kier alpha value is -2.71. The molecule has 0 fully saturated rings. The van der Waals surface area contributed by atoms with Crippen LogP contribution in [0.3, 0.4) is 0 Å². The van der Waals surface area contributed by atoms with Gasteiger partial charge in [0, 0.05) is 34.9 Å². The fourth-order valence-electron chi connectivity index (χ4n) is 3.19. The van der Waals surface area contributed by atoms with Crippen molar-refractivity contribution in [3.63, 3.8) is 0 Å². The van der Waals surface area contributed by atoms with E-state index in [0.29, 0.717) is 16.5 Å². The molecule has 1 aromatic carbocycles. The number of nitrogens with zero attached hydrogens (tertiary/aromatic N) is 4. The lowest BCUT2D eigenvalue weighted by Gasteiger charge is -2.15. The number of rotatable bonds is 4. The zero-order chi connectivity index (χ0) is 18.4. The van der Waals surface area contributed by atoms with E-state index in [1.807, 2.05) is 36.4 Å². The lowest BCUT2D eigenvalue weighted by Crippen LogP contribution is -2.10. The smallest absolute Gasteiger partial charge is 0.214 e. The fourth-order valence-corrected chi connectivity index (χ4v) is 3.96. The van der Waals surface area contributed by atoms with Crippen molar-refractivity contribution in [1.82, 2.24) is 18.7 Å². The molecule has 0 aliphatic heterocycles. The highest BCUT2D eigenvalue weighted by molar-refractivity contribution is 7.11. The number of aryl methyl sites for hydroxylation is 1. The number of ether oxygens (including phenoxy) is 2. The fraction of sp³-hybridized carbons (Fsp3) is 0.278. The van der Waals surface area contributed by atoms with Crippen molar-refractivity contribution in [3.8, 4) is 11.5 Å². The lowest BCUT2D eigenvalue weighted by atomic mass is 10.1. The molecule has 1 unspecified atom stereocenters. The molecule has 0 aliphatic rings. The molecule has 3 aromatic heterocycles. The van der Waals surface area contributed by atoms with Gasteiger partial charge in [0.1, 0.15) is 11.5 Å². The largest absolute Gasteiger partial charge is 0.497 e. The van der Waals surface area contributed by atoms with Crippen LogP contribution in [0, 0.1) is 13.8 Å². The molecule has 7 nitrogen and oxygen atoms in total. The van der Waals surface area contributed by atoms with Crippen LogP contribution in [0.1, 0.15) is 28.7 Å². The molecule has 8 heteroatoms. The number of aromatic nitrogens is 4. The summed E-state index contributed by atoms with van der Waals surface area (Å²) in [6.45, 7) is 3.81. The Balaban J connectivity index is 1.89. The minimum atomic E-state index is -0.988. The maximum atomic E-state index is 11.0. The second-order valence-corrected chi connectivity index (χ2v) is 6.74. The number of hydrogen-bond donors (Lipinski definition) is 1. The van der Waals surface area contributed by atoms with Gasteiger partial charge in [-0.1, -0.05) is 0 Å². The Morgan fingerprint density at radius 1 is 1.19 bits per heavy atom. The van der Waals surface area contributed by atoms with E-state index in [1.54, 1.807) is 20.4 Å². The van der Waals surface area contributed by atoms with Crippen molar-refractivity contribution in [2.45, 2.75) is 20.0 Å². The van der Waals surface area contributed by atoms with E-state index in [1.165, 1.54) is 11.5 Å². The molecule has 0 aliphatic carbocycles. The summed E-state index contributed by atoms with van der Waals surface area (Å²) in [5.41, 5.74) is 3.89. The van der Waals surface area contributed by atoms with Gasteiger partial charge in [-0.05, 0) is 26.0 Å². The minimum absolute atomic E-state index is 0.485. The van der Waals surface area contributed by atoms with Crippen molar-refractivity contribution in [2.24, 2.45) is 0 Å². The number of methoxy groups -OCH3 is 2. The Morgan fingerprint density at radius 2 is 2.00 bits per heavy atom. The van der Waals surface area contributed by atoms with Crippen molar-refractivity contribution in [2.75, 3.05) is 14.2 Å². The third-order valence-corrected chi connectivity index (χ3v) is 5.18. The predicted molar refractivity (Wildman–Crippen MR) is 99.2 cm³/mol. The molecule has 134 valence electrons. The third-order valence-electron chi connectivity index (χ3n) is 4.47. The number of fused-ring (bicyclic) bond motifs is 3. The molecule has 4 rings (SSSR count). The highest BCUT2D eigenvalue weighted by Crippen LogP contribution is 2.33. The Bertz CT molecular complexity index is 1120. The minimum Gasteiger partial charge on any atom is -0.497 e. The SMILES string of the molecule is COc1ccc2c(c1)nc1snc(C(O)c3ncc(C)c(OC)c3C)n12. The number of pyridine rings is 1. The molecular weight excluding hydrogens is 352 g/mol. The van der Waals surface area contributed by atoms with Gasteiger partial charge in [-0.25, -0.2) is 4.98 Å². The van der Waals surface area contributed by atoms with Crippen LogP contribution >= 0.6 is 11.5 Å². The van der Waals surface area contributed by atoms with E-state index in [4.69, 9.17) is 9.47 Å². The van der Waals surface area contributed by atoms with Crippen molar-refractivity contribution in [1.29, 1.82) is 0 Å². The molecule has 0 saturated carbocycles. The van der Waals surface area contributed by atoms with E-state index in [-0.39, 0.29) is 0 Å². The summed E-state index contributed by atoms with van der Waals surface area (Å²) in [5, 5.41) is 11.0. The van der Waals surface area contributed by atoms with Crippen LogP contribution in [0.25, 0.3) is 16.0 Å². The molecule has 3 heterocycles. The van der Waals surface area contributed by atoms with Gasteiger partial charge >= 0.3 is 0 Å². The quantitative estimate of drug-likeness (QED) is 0.595.